The molecule has 1 aromatic carbocycles. The molecule has 3 rings (SSSR count). The molecule has 5 heteroatoms. The monoisotopic (exact) mass is 305 g/mol. The third-order valence-electron chi connectivity index (χ3n) is 3.84. The Kier molecular flexibility index (Phi) is 3.64. The molecule has 2 aliphatic heterocycles. The zero-order valence-electron chi connectivity index (χ0n) is 11.6. The number of nitrogens with two attached hydrogens (primary N) is 1. The number of Topliss-reactive ketones (excluding diaryl/α,β-unsaturated/α-hetero) is 1. The van der Waals surface area contributed by atoms with Crippen molar-refractivity contribution in [3.8, 4) is 0 Å². The minimum Gasteiger partial charge on any atom is -0.501 e. The number of ketones is 1. The van der Waals surface area contributed by atoms with Crippen molar-refractivity contribution in [2.45, 2.75) is 19.4 Å². The number of rotatable bonds is 2. The Morgan fingerprint density at radius 1 is 1.38 bits per heavy atom. The quantitative estimate of drug-likeness (QED) is 0.912. The molecule has 0 saturated carbocycles. The molecular formula is C16H16ClNO3. The summed E-state index contributed by atoms with van der Waals surface area (Å²) in [6, 6.07) is 5.53. The molecule has 4 nitrogen and oxygen atoms in total. The van der Waals surface area contributed by atoms with Gasteiger partial charge in [-0.05, 0) is 25.0 Å². The molecule has 21 heavy (non-hydrogen) atoms. The van der Waals surface area contributed by atoms with Crippen molar-refractivity contribution in [3.05, 3.63) is 52.6 Å². The van der Waals surface area contributed by atoms with Gasteiger partial charge >= 0.3 is 0 Å². The molecule has 0 spiro atoms. The third kappa shape index (κ3) is 2.40. The smallest absolute Gasteiger partial charge is 0.209 e. The predicted molar refractivity (Wildman–Crippen MR) is 80.4 cm³/mol. The maximum absolute atomic E-state index is 12.7. The molecule has 0 fully saturated rings. The van der Waals surface area contributed by atoms with Crippen LogP contribution in [0.25, 0.3) is 5.57 Å². The Bertz CT molecular complexity index is 651. The van der Waals surface area contributed by atoms with E-state index in [4.69, 9.17) is 26.8 Å². The van der Waals surface area contributed by atoms with E-state index in [1.807, 2.05) is 25.1 Å². The molecule has 0 amide bonds. The molecule has 2 atom stereocenters. The minimum absolute atomic E-state index is 0.0258. The summed E-state index contributed by atoms with van der Waals surface area (Å²) >= 11 is 6.30. The number of halogens is 1. The summed E-state index contributed by atoms with van der Waals surface area (Å²) in [5.74, 6) is -0.00177. The number of carbonyl (C=O) groups is 1. The van der Waals surface area contributed by atoms with Crippen molar-refractivity contribution in [1.29, 1.82) is 0 Å². The molecule has 2 unspecified atom stereocenters. The standard InChI is InChI=1S/C16H16ClNO3/c1-9-4-2-6-11(13(9)17)12-14(19)15(21-16(12)18)10-5-3-7-20-8-10/h2-4,6-7,10,15H,5,8,18H2,1H3. The molecule has 0 aliphatic carbocycles. The number of allylic oxidation sites excluding steroid dienone is 1. The van der Waals surface area contributed by atoms with E-state index in [1.165, 1.54) is 0 Å². The van der Waals surface area contributed by atoms with E-state index in [-0.39, 0.29) is 17.6 Å². The maximum Gasteiger partial charge on any atom is 0.209 e. The summed E-state index contributed by atoms with van der Waals surface area (Å²) in [6.45, 7) is 2.34. The second kappa shape index (κ2) is 5.45. The molecule has 110 valence electrons. The number of hydrogen-bond donors (Lipinski definition) is 1. The maximum atomic E-state index is 12.7. The highest BCUT2D eigenvalue weighted by molar-refractivity contribution is 6.36. The van der Waals surface area contributed by atoms with Gasteiger partial charge in [0.1, 0.15) is 0 Å². The van der Waals surface area contributed by atoms with Crippen molar-refractivity contribution in [1.82, 2.24) is 0 Å². The zero-order chi connectivity index (χ0) is 15.0. The van der Waals surface area contributed by atoms with Gasteiger partial charge in [0.15, 0.2) is 12.0 Å². The molecule has 0 bridgehead atoms. The van der Waals surface area contributed by atoms with Crippen LogP contribution in [0.15, 0.2) is 36.4 Å². The van der Waals surface area contributed by atoms with Gasteiger partial charge in [-0.15, -0.1) is 0 Å². The lowest BCUT2D eigenvalue weighted by atomic mass is 9.91. The van der Waals surface area contributed by atoms with Crippen LogP contribution in [0.4, 0.5) is 0 Å². The normalized spacial score (nSPS) is 25.0. The summed E-state index contributed by atoms with van der Waals surface area (Å²) in [6.07, 6.45) is 3.67. The molecule has 0 radical (unpaired) electrons. The number of benzene rings is 1. The fourth-order valence-electron chi connectivity index (χ4n) is 2.69. The van der Waals surface area contributed by atoms with Gasteiger partial charge < -0.3 is 15.2 Å². The summed E-state index contributed by atoms with van der Waals surface area (Å²) in [5.41, 5.74) is 7.85. The highest BCUT2D eigenvalue weighted by Crippen LogP contribution is 2.36. The van der Waals surface area contributed by atoms with Crippen LogP contribution in [0.2, 0.25) is 5.02 Å². The van der Waals surface area contributed by atoms with E-state index in [1.54, 1.807) is 12.3 Å². The van der Waals surface area contributed by atoms with Crippen LogP contribution in [0.5, 0.6) is 0 Å². The number of ether oxygens (including phenoxy) is 2. The minimum atomic E-state index is -0.596. The topological polar surface area (TPSA) is 61.6 Å². The van der Waals surface area contributed by atoms with E-state index in [9.17, 15) is 4.79 Å². The van der Waals surface area contributed by atoms with E-state index in [0.717, 1.165) is 12.0 Å². The Hall–Kier alpha value is -1.94. The van der Waals surface area contributed by atoms with E-state index < -0.39 is 6.10 Å². The van der Waals surface area contributed by atoms with Gasteiger partial charge in [0.05, 0.1) is 23.5 Å². The molecule has 2 heterocycles. The fraction of sp³-hybridized carbons (Fsp3) is 0.312. The summed E-state index contributed by atoms with van der Waals surface area (Å²) < 4.78 is 10.9. The Morgan fingerprint density at radius 2 is 2.19 bits per heavy atom. The van der Waals surface area contributed by atoms with Gasteiger partial charge in [0.25, 0.3) is 0 Å². The molecule has 2 N–H and O–H groups in total. The first kappa shape index (κ1) is 14.0. The Labute approximate surface area is 128 Å². The number of carbonyl (C=O) groups excluding carboxylic acids is 1. The van der Waals surface area contributed by atoms with Crippen LogP contribution in [-0.4, -0.2) is 18.5 Å². The Morgan fingerprint density at radius 3 is 2.90 bits per heavy atom. The molecule has 0 aromatic heterocycles. The Balaban J connectivity index is 1.93. The van der Waals surface area contributed by atoms with Crippen LogP contribution >= 0.6 is 11.6 Å². The summed E-state index contributed by atoms with van der Waals surface area (Å²) in [4.78, 5) is 12.7. The second-order valence-corrected chi connectivity index (χ2v) is 5.66. The van der Waals surface area contributed by atoms with Gasteiger partial charge in [-0.25, -0.2) is 0 Å². The lowest BCUT2D eigenvalue weighted by molar-refractivity contribution is -0.123. The SMILES string of the molecule is Cc1cccc(C2=C(N)OC(C3CC=COC3)C2=O)c1Cl. The zero-order valence-corrected chi connectivity index (χ0v) is 12.4. The van der Waals surface area contributed by atoms with Crippen molar-refractivity contribution >= 4 is 23.0 Å². The van der Waals surface area contributed by atoms with Crippen molar-refractivity contribution in [3.63, 3.8) is 0 Å². The average Bonchev–Trinajstić information content (AvgIpc) is 2.78. The first-order valence-electron chi connectivity index (χ1n) is 6.82. The third-order valence-corrected chi connectivity index (χ3v) is 4.34. The largest absolute Gasteiger partial charge is 0.501 e. The van der Waals surface area contributed by atoms with Crippen molar-refractivity contribution in [2.24, 2.45) is 11.7 Å². The molecule has 0 saturated heterocycles. The van der Waals surface area contributed by atoms with Crippen LogP contribution in [0.1, 0.15) is 17.5 Å². The van der Waals surface area contributed by atoms with Crippen LogP contribution in [-0.2, 0) is 14.3 Å². The van der Waals surface area contributed by atoms with E-state index in [2.05, 4.69) is 0 Å². The summed E-state index contributed by atoms with van der Waals surface area (Å²) in [7, 11) is 0. The lowest BCUT2D eigenvalue weighted by Gasteiger charge is -2.23. The molecule has 2 aliphatic rings. The summed E-state index contributed by atoms with van der Waals surface area (Å²) in [5, 5.41) is 0.535. The van der Waals surface area contributed by atoms with E-state index >= 15 is 0 Å². The molecular weight excluding hydrogens is 290 g/mol. The number of hydrogen-bond acceptors (Lipinski definition) is 4. The fourth-order valence-corrected chi connectivity index (χ4v) is 2.91. The van der Waals surface area contributed by atoms with Gasteiger partial charge in [-0.3, -0.25) is 4.79 Å². The van der Waals surface area contributed by atoms with Crippen LogP contribution in [0, 0.1) is 12.8 Å². The van der Waals surface area contributed by atoms with Crippen molar-refractivity contribution < 1.29 is 14.3 Å². The van der Waals surface area contributed by atoms with Gasteiger partial charge in [0, 0.05) is 11.5 Å². The van der Waals surface area contributed by atoms with Crippen molar-refractivity contribution in [2.75, 3.05) is 6.61 Å². The van der Waals surface area contributed by atoms with Gasteiger partial charge in [-0.2, -0.15) is 0 Å². The highest BCUT2D eigenvalue weighted by Gasteiger charge is 2.41. The predicted octanol–water partition coefficient (Wildman–Crippen LogP) is 2.79. The van der Waals surface area contributed by atoms with Crippen LogP contribution in [0.3, 0.4) is 0 Å². The first-order chi connectivity index (χ1) is 10.1. The van der Waals surface area contributed by atoms with E-state index in [0.29, 0.717) is 22.8 Å². The second-order valence-electron chi connectivity index (χ2n) is 5.28. The van der Waals surface area contributed by atoms with Gasteiger partial charge in [0.2, 0.25) is 5.78 Å². The van der Waals surface area contributed by atoms with Gasteiger partial charge in [-0.1, -0.05) is 29.8 Å². The number of aryl methyl sites for hydroxylation is 1. The average molecular weight is 306 g/mol. The molecule has 1 aromatic rings. The first-order valence-corrected chi connectivity index (χ1v) is 7.20. The van der Waals surface area contributed by atoms with Crippen LogP contribution < -0.4 is 5.73 Å². The lowest BCUT2D eigenvalue weighted by Crippen LogP contribution is -2.32. The highest BCUT2D eigenvalue weighted by atomic mass is 35.5.